The van der Waals surface area contributed by atoms with Crippen LogP contribution in [-0.4, -0.2) is 32.4 Å². The van der Waals surface area contributed by atoms with Gasteiger partial charge in [0.2, 0.25) is 0 Å². The Bertz CT molecular complexity index is 427. The van der Waals surface area contributed by atoms with Crippen molar-refractivity contribution in [2.24, 2.45) is 0 Å². The summed E-state index contributed by atoms with van der Waals surface area (Å²) in [5, 5.41) is 0. The van der Waals surface area contributed by atoms with Crippen molar-refractivity contribution in [3.05, 3.63) is 35.1 Å². The molecular weight excluding hydrogens is 239 g/mol. The molecule has 4 nitrogen and oxygen atoms in total. The lowest BCUT2D eigenvalue weighted by Crippen LogP contribution is -2.12. The maximum Gasteiger partial charge on any atom is 0.340 e. The van der Waals surface area contributed by atoms with Crippen LogP contribution in [0.2, 0.25) is 0 Å². The molecule has 98 valence electrons. The molecule has 1 aromatic rings. The normalized spacial score (nSPS) is 18.9. The first-order valence-corrected chi connectivity index (χ1v) is 5.77. The van der Waals surface area contributed by atoms with E-state index in [0.29, 0.717) is 25.4 Å². The van der Waals surface area contributed by atoms with Crippen LogP contribution in [-0.2, 0) is 20.8 Å². The molecule has 0 bridgehead atoms. The zero-order chi connectivity index (χ0) is 13.0. The lowest BCUT2D eigenvalue weighted by atomic mass is 10.1. The van der Waals surface area contributed by atoms with E-state index in [4.69, 9.17) is 9.47 Å². The van der Waals surface area contributed by atoms with Gasteiger partial charge in [0, 0.05) is 6.61 Å². The molecule has 0 amide bonds. The summed E-state index contributed by atoms with van der Waals surface area (Å²) in [6.45, 7) is 1.61. The number of halogens is 1. The fourth-order valence-corrected chi connectivity index (χ4v) is 1.78. The molecule has 0 saturated carbocycles. The molecule has 1 aliphatic rings. The third kappa shape index (κ3) is 3.05. The average Bonchev–Trinajstić information content (AvgIpc) is 2.88. The van der Waals surface area contributed by atoms with E-state index in [1.807, 2.05) is 0 Å². The topological polar surface area (TPSA) is 44.8 Å². The van der Waals surface area contributed by atoms with E-state index in [9.17, 15) is 9.18 Å². The molecule has 1 fully saturated rings. The third-order valence-electron chi connectivity index (χ3n) is 2.81. The monoisotopic (exact) mass is 254 g/mol. The second-order valence-corrected chi connectivity index (χ2v) is 4.10. The molecular formula is C13H15FO4. The van der Waals surface area contributed by atoms with Crippen LogP contribution in [0.5, 0.6) is 0 Å². The van der Waals surface area contributed by atoms with Crippen molar-refractivity contribution in [3.8, 4) is 0 Å². The number of carbonyl (C=O) groups excluding carboxylic acids is 1. The van der Waals surface area contributed by atoms with Crippen molar-refractivity contribution in [1.82, 2.24) is 0 Å². The number of rotatable bonds is 4. The zero-order valence-corrected chi connectivity index (χ0v) is 10.1. The second-order valence-electron chi connectivity index (χ2n) is 4.10. The van der Waals surface area contributed by atoms with Crippen LogP contribution in [0.3, 0.4) is 0 Å². The van der Waals surface area contributed by atoms with Gasteiger partial charge in [-0.15, -0.1) is 0 Å². The molecule has 2 rings (SSSR count). The van der Waals surface area contributed by atoms with E-state index >= 15 is 0 Å². The van der Waals surface area contributed by atoms with Gasteiger partial charge in [0.15, 0.2) is 0 Å². The summed E-state index contributed by atoms with van der Waals surface area (Å²) >= 11 is 0. The van der Waals surface area contributed by atoms with E-state index in [-0.39, 0.29) is 11.7 Å². The molecule has 1 aromatic carbocycles. The van der Waals surface area contributed by atoms with Gasteiger partial charge < -0.3 is 14.2 Å². The first-order chi connectivity index (χ1) is 8.70. The van der Waals surface area contributed by atoms with Crippen LogP contribution in [0.1, 0.15) is 22.3 Å². The van der Waals surface area contributed by atoms with E-state index in [1.54, 1.807) is 6.07 Å². The highest BCUT2D eigenvalue weighted by Crippen LogP contribution is 2.15. The van der Waals surface area contributed by atoms with Gasteiger partial charge >= 0.3 is 5.97 Å². The number of methoxy groups -OCH3 is 1. The minimum atomic E-state index is -0.677. The van der Waals surface area contributed by atoms with Gasteiger partial charge in [0.25, 0.3) is 0 Å². The van der Waals surface area contributed by atoms with Crippen LogP contribution in [0, 0.1) is 5.82 Å². The minimum absolute atomic E-state index is 0.0644. The van der Waals surface area contributed by atoms with Crippen LogP contribution >= 0.6 is 0 Å². The molecule has 0 radical (unpaired) electrons. The standard InChI is InChI=1S/C13H15FO4/c1-16-13(15)11-3-2-9(6-12(11)14)7-18-10-4-5-17-8-10/h2-3,6,10H,4-5,7-8H2,1H3. The molecule has 18 heavy (non-hydrogen) atoms. The fraction of sp³-hybridized carbons (Fsp3) is 0.462. The quantitative estimate of drug-likeness (QED) is 0.770. The molecule has 0 spiro atoms. The Labute approximate surface area is 105 Å². The first-order valence-electron chi connectivity index (χ1n) is 5.77. The van der Waals surface area contributed by atoms with Crippen molar-refractivity contribution >= 4 is 5.97 Å². The molecule has 1 saturated heterocycles. The Kier molecular flexibility index (Phi) is 4.28. The first kappa shape index (κ1) is 13.0. The highest BCUT2D eigenvalue weighted by atomic mass is 19.1. The Balaban J connectivity index is 1.97. The predicted molar refractivity (Wildman–Crippen MR) is 61.8 cm³/mol. The van der Waals surface area contributed by atoms with Gasteiger partial charge in [0.1, 0.15) is 5.82 Å². The summed E-state index contributed by atoms with van der Waals surface area (Å²) in [7, 11) is 1.22. The summed E-state index contributed by atoms with van der Waals surface area (Å²) in [4.78, 5) is 11.2. The van der Waals surface area contributed by atoms with Gasteiger partial charge in [-0.25, -0.2) is 9.18 Å². The number of esters is 1. The highest BCUT2D eigenvalue weighted by Gasteiger charge is 2.17. The number of benzene rings is 1. The lowest BCUT2D eigenvalue weighted by Gasteiger charge is -2.10. The Morgan fingerprint density at radius 2 is 2.39 bits per heavy atom. The van der Waals surface area contributed by atoms with E-state index < -0.39 is 11.8 Å². The Morgan fingerprint density at radius 3 is 3.00 bits per heavy atom. The molecule has 1 aliphatic heterocycles. The number of hydrogen-bond donors (Lipinski definition) is 0. The molecule has 1 unspecified atom stereocenters. The molecule has 1 atom stereocenters. The summed E-state index contributed by atoms with van der Waals surface area (Å²) in [6.07, 6.45) is 0.941. The van der Waals surface area contributed by atoms with E-state index in [1.165, 1.54) is 19.2 Å². The van der Waals surface area contributed by atoms with Crippen LogP contribution < -0.4 is 0 Å². The van der Waals surface area contributed by atoms with Crippen molar-refractivity contribution in [3.63, 3.8) is 0 Å². The smallest absolute Gasteiger partial charge is 0.340 e. The highest BCUT2D eigenvalue weighted by molar-refractivity contribution is 5.89. The Hall–Kier alpha value is -1.46. The van der Waals surface area contributed by atoms with Crippen molar-refractivity contribution in [2.75, 3.05) is 20.3 Å². The number of carbonyl (C=O) groups is 1. The minimum Gasteiger partial charge on any atom is -0.465 e. The van der Waals surface area contributed by atoms with E-state index in [2.05, 4.69) is 4.74 Å². The predicted octanol–water partition coefficient (Wildman–Crippen LogP) is 1.92. The summed E-state index contributed by atoms with van der Waals surface area (Å²) in [6, 6.07) is 4.36. The van der Waals surface area contributed by atoms with Crippen molar-refractivity contribution < 1.29 is 23.4 Å². The maximum absolute atomic E-state index is 13.6. The van der Waals surface area contributed by atoms with Crippen molar-refractivity contribution in [2.45, 2.75) is 19.1 Å². The Morgan fingerprint density at radius 1 is 1.56 bits per heavy atom. The van der Waals surface area contributed by atoms with Gasteiger partial charge in [-0.1, -0.05) is 6.07 Å². The number of ether oxygens (including phenoxy) is 3. The van der Waals surface area contributed by atoms with Gasteiger partial charge in [-0.3, -0.25) is 0 Å². The van der Waals surface area contributed by atoms with Crippen LogP contribution in [0.15, 0.2) is 18.2 Å². The molecule has 0 aromatic heterocycles. The molecule has 0 N–H and O–H groups in total. The second kappa shape index (κ2) is 5.93. The molecule has 5 heteroatoms. The van der Waals surface area contributed by atoms with Crippen molar-refractivity contribution in [1.29, 1.82) is 0 Å². The van der Waals surface area contributed by atoms with Gasteiger partial charge in [0.05, 0.1) is 32.0 Å². The summed E-state index contributed by atoms with van der Waals surface area (Å²) in [5.74, 6) is -1.27. The van der Waals surface area contributed by atoms with Gasteiger partial charge in [-0.2, -0.15) is 0 Å². The van der Waals surface area contributed by atoms with E-state index in [0.717, 1.165) is 6.42 Å². The zero-order valence-electron chi connectivity index (χ0n) is 10.1. The summed E-state index contributed by atoms with van der Waals surface area (Å²) < 4.78 is 28.8. The largest absolute Gasteiger partial charge is 0.465 e. The van der Waals surface area contributed by atoms with Crippen LogP contribution in [0.4, 0.5) is 4.39 Å². The number of hydrogen-bond acceptors (Lipinski definition) is 4. The summed E-state index contributed by atoms with van der Waals surface area (Å²) in [5.41, 5.74) is 0.623. The van der Waals surface area contributed by atoms with Crippen LogP contribution in [0.25, 0.3) is 0 Å². The molecule has 0 aliphatic carbocycles. The maximum atomic E-state index is 13.6. The molecule has 1 heterocycles. The SMILES string of the molecule is COC(=O)c1ccc(COC2CCOC2)cc1F. The third-order valence-corrected chi connectivity index (χ3v) is 2.81. The fourth-order valence-electron chi connectivity index (χ4n) is 1.78. The van der Waals surface area contributed by atoms with Gasteiger partial charge in [-0.05, 0) is 24.1 Å². The average molecular weight is 254 g/mol. The lowest BCUT2D eigenvalue weighted by molar-refractivity contribution is 0.0316.